The Morgan fingerprint density at radius 3 is 2.67 bits per heavy atom. The van der Waals surface area contributed by atoms with E-state index in [-0.39, 0.29) is 6.79 Å². The van der Waals surface area contributed by atoms with Crippen LogP contribution in [-0.2, 0) is 14.6 Å². The monoisotopic (exact) mass is 133 g/mol. The first-order chi connectivity index (χ1) is 4.31. The molecule has 0 aromatic heterocycles. The molecular formula is C6H13O3. The van der Waals surface area contributed by atoms with Crippen molar-refractivity contribution in [3.8, 4) is 0 Å². The normalized spacial score (nSPS) is 13.7. The standard InChI is InChI=1S/C6H13O3/c1-3-4-6(7)9-5-8-2/h6H,3-5H2,1-2H3. The summed E-state index contributed by atoms with van der Waals surface area (Å²) in [5.74, 6) is 0. The van der Waals surface area contributed by atoms with Crippen LogP contribution in [0.5, 0.6) is 0 Å². The predicted molar refractivity (Wildman–Crippen MR) is 32.3 cm³/mol. The van der Waals surface area contributed by atoms with Gasteiger partial charge in [0.25, 0.3) is 0 Å². The van der Waals surface area contributed by atoms with Crippen molar-refractivity contribution in [3.05, 3.63) is 0 Å². The quantitative estimate of drug-likeness (QED) is 0.528. The third kappa shape index (κ3) is 5.76. The average molecular weight is 133 g/mol. The molecule has 1 unspecified atom stereocenters. The van der Waals surface area contributed by atoms with E-state index in [4.69, 9.17) is 0 Å². The number of hydrogen-bond acceptors (Lipinski definition) is 2. The summed E-state index contributed by atoms with van der Waals surface area (Å²) >= 11 is 0. The SMILES string of the molecule is CCCC([O])OCOC. The van der Waals surface area contributed by atoms with E-state index in [1.807, 2.05) is 6.92 Å². The molecule has 0 aliphatic carbocycles. The highest BCUT2D eigenvalue weighted by Gasteiger charge is 2.01. The van der Waals surface area contributed by atoms with Gasteiger partial charge in [-0.2, -0.15) is 0 Å². The molecule has 0 saturated carbocycles. The van der Waals surface area contributed by atoms with Gasteiger partial charge in [-0.25, -0.2) is 5.11 Å². The van der Waals surface area contributed by atoms with E-state index in [1.54, 1.807) is 0 Å². The van der Waals surface area contributed by atoms with Gasteiger partial charge in [0.15, 0.2) is 6.29 Å². The van der Waals surface area contributed by atoms with Crippen LogP contribution in [0.2, 0.25) is 0 Å². The molecule has 0 aromatic rings. The molecule has 0 aliphatic heterocycles. The van der Waals surface area contributed by atoms with Crippen LogP contribution < -0.4 is 0 Å². The molecule has 1 radical (unpaired) electrons. The number of ether oxygens (including phenoxy) is 2. The maximum absolute atomic E-state index is 10.6. The van der Waals surface area contributed by atoms with Crippen molar-refractivity contribution >= 4 is 0 Å². The van der Waals surface area contributed by atoms with E-state index in [0.29, 0.717) is 6.42 Å². The molecule has 9 heavy (non-hydrogen) atoms. The number of methoxy groups -OCH3 is 1. The van der Waals surface area contributed by atoms with E-state index in [1.165, 1.54) is 7.11 Å². The van der Waals surface area contributed by atoms with Crippen LogP contribution >= 0.6 is 0 Å². The zero-order chi connectivity index (χ0) is 7.11. The summed E-state index contributed by atoms with van der Waals surface area (Å²) in [6.45, 7) is 2.05. The molecule has 0 rings (SSSR count). The molecular weight excluding hydrogens is 120 g/mol. The van der Waals surface area contributed by atoms with Crippen LogP contribution in [0, 0.1) is 0 Å². The van der Waals surface area contributed by atoms with Crippen molar-refractivity contribution in [2.45, 2.75) is 26.1 Å². The zero-order valence-corrected chi connectivity index (χ0v) is 5.92. The maximum Gasteiger partial charge on any atom is 0.194 e. The molecule has 0 amide bonds. The molecule has 0 spiro atoms. The lowest BCUT2D eigenvalue weighted by Gasteiger charge is -2.05. The second-order valence-corrected chi connectivity index (χ2v) is 1.79. The molecule has 0 saturated heterocycles. The molecule has 3 nitrogen and oxygen atoms in total. The average Bonchev–Trinajstić information content (AvgIpc) is 1.85. The van der Waals surface area contributed by atoms with Gasteiger partial charge in [0.2, 0.25) is 0 Å². The smallest absolute Gasteiger partial charge is 0.194 e. The minimum Gasteiger partial charge on any atom is -0.359 e. The van der Waals surface area contributed by atoms with Crippen molar-refractivity contribution in [2.24, 2.45) is 0 Å². The summed E-state index contributed by atoms with van der Waals surface area (Å²) in [4.78, 5) is 0. The fourth-order valence-electron chi connectivity index (χ4n) is 0.463. The highest BCUT2D eigenvalue weighted by atomic mass is 16.7. The molecule has 1 atom stereocenters. The van der Waals surface area contributed by atoms with Gasteiger partial charge < -0.3 is 9.47 Å². The predicted octanol–water partition coefficient (Wildman–Crippen LogP) is 1.16. The van der Waals surface area contributed by atoms with Gasteiger partial charge in [-0.05, 0) is 0 Å². The number of hydrogen-bond donors (Lipinski definition) is 0. The Morgan fingerprint density at radius 1 is 1.56 bits per heavy atom. The fourth-order valence-corrected chi connectivity index (χ4v) is 0.463. The van der Waals surface area contributed by atoms with Crippen LogP contribution in [-0.4, -0.2) is 20.2 Å². The van der Waals surface area contributed by atoms with Crippen molar-refractivity contribution in [3.63, 3.8) is 0 Å². The Bertz CT molecular complexity index is 56.3. The third-order valence-corrected chi connectivity index (χ3v) is 0.896. The van der Waals surface area contributed by atoms with Crippen molar-refractivity contribution in [2.75, 3.05) is 13.9 Å². The Morgan fingerprint density at radius 2 is 2.22 bits per heavy atom. The third-order valence-electron chi connectivity index (χ3n) is 0.896. The lowest BCUT2D eigenvalue weighted by molar-refractivity contribution is -0.191. The second kappa shape index (κ2) is 6.01. The highest BCUT2D eigenvalue weighted by molar-refractivity contribution is 4.35. The van der Waals surface area contributed by atoms with E-state index >= 15 is 0 Å². The summed E-state index contributed by atoms with van der Waals surface area (Å²) in [6, 6.07) is 0. The van der Waals surface area contributed by atoms with E-state index in [0.717, 1.165) is 6.42 Å². The summed E-state index contributed by atoms with van der Waals surface area (Å²) in [6.07, 6.45) is 0.510. The minimum absolute atomic E-state index is 0.105. The van der Waals surface area contributed by atoms with Crippen molar-refractivity contribution in [1.29, 1.82) is 0 Å². The van der Waals surface area contributed by atoms with E-state index in [9.17, 15) is 5.11 Å². The summed E-state index contributed by atoms with van der Waals surface area (Å²) in [5, 5.41) is 10.6. The first-order valence-corrected chi connectivity index (χ1v) is 3.07. The van der Waals surface area contributed by atoms with Gasteiger partial charge in [-0.15, -0.1) is 0 Å². The topological polar surface area (TPSA) is 38.4 Å². The van der Waals surface area contributed by atoms with Crippen LogP contribution in [0.15, 0.2) is 0 Å². The zero-order valence-electron chi connectivity index (χ0n) is 5.92. The van der Waals surface area contributed by atoms with Crippen LogP contribution in [0.4, 0.5) is 0 Å². The molecule has 0 heterocycles. The lowest BCUT2D eigenvalue weighted by Crippen LogP contribution is -2.11. The Hall–Kier alpha value is -0.120. The highest BCUT2D eigenvalue weighted by Crippen LogP contribution is 1.97. The van der Waals surface area contributed by atoms with Crippen LogP contribution in [0.25, 0.3) is 0 Å². The van der Waals surface area contributed by atoms with Gasteiger partial charge >= 0.3 is 0 Å². The largest absolute Gasteiger partial charge is 0.359 e. The molecule has 0 aromatic carbocycles. The Labute approximate surface area is 55.6 Å². The molecule has 0 aliphatic rings. The van der Waals surface area contributed by atoms with Gasteiger partial charge in [-0.1, -0.05) is 13.3 Å². The number of rotatable bonds is 5. The van der Waals surface area contributed by atoms with Crippen LogP contribution in [0.3, 0.4) is 0 Å². The summed E-state index contributed by atoms with van der Waals surface area (Å²) in [7, 11) is 1.50. The molecule has 3 heteroatoms. The maximum atomic E-state index is 10.6. The van der Waals surface area contributed by atoms with Gasteiger partial charge in [0.1, 0.15) is 6.79 Å². The molecule has 55 valence electrons. The van der Waals surface area contributed by atoms with Gasteiger partial charge in [-0.3, -0.25) is 0 Å². The second-order valence-electron chi connectivity index (χ2n) is 1.79. The minimum atomic E-state index is -0.907. The van der Waals surface area contributed by atoms with Crippen molar-refractivity contribution < 1.29 is 14.6 Å². The molecule has 0 N–H and O–H groups in total. The van der Waals surface area contributed by atoms with Gasteiger partial charge in [0.05, 0.1) is 0 Å². The first kappa shape index (κ1) is 8.88. The Balaban J connectivity index is 2.95. The lowest BCUT2D eigenvalue weighted by atomic mass is 10.3. The first-order valence-electron chi connectivity index (χ1n) is 3.07. The van der Waals surface area contributed by atoms with Gasteiger partial charge in [0, 0.05) is 13.5 Å². The summed E-state index contributed by atoms with van der Waals surface area (Å²) in [5.41, 5.74) is 0. The van der Waals surface area contributed by atoms with Crippen LogP contribution in [0.1, 0.15) is 19.8 Å². The summed E-state index contributed by atoms with van der Waals surface area (Å²) < 4.78 is 9.19. The molecule has 0 fully saturated rings. The Kier molecular flexibility index (Phi) is 5.93. The van der Waals surface area contributed by atoms with Crippen molar-refractivity contribution in [1.82, 2.24) is 0 Å². The van der Waals surface area contributed by atoms with E-state index in [2.05, 4.69) is 9.47 Å². The van der Waals surface area contributed by atoms with E-state index < -0.39 is 6.29 Å². The fraction of sp³-hybridized carbons (Fsp3) is 1.00. The molecule has 0 bridgehead atoms.